The fourth-order valence-electron chi connectivity index (χ4n) is 4.50. The Hall–Kier alpha value is -4.20. The number of carbonyl (C=O) groups excluding carboxylic acids is 1. The van der Waals surface area contributed by atoms with E-state index in [2.05, 4.69) is 32.2 Å². The number of pyridine rings is 1. The predicted molar refractivity (Wildman–Crippen MR) is 122 cm³/mol. The van der Waals surface area contributed by atoms with E-state index in [1.807, 2.05) is 53.6 Å². The third-order valence-electron chi connectivity index (χ3n) is 6.08. The summed E-state index contributed by atoms with van der Waals surface area (Å²) in [6, 6.07) is 18.0. The van der Waals surface area contributed by atoms with Crippen molar-refractivity contribution in [2.45, 2.75) is 18.9 Å². The Labute approximate surface area is 183 Å². The number of fused-ring (bicyclic) bond motifs is 3. The molecule has 1 fully saturated rings. The third-order valence-corrected chi connectivity index (χ3v) is 6.08. The number of likely N-dealkylation sites (tertiary alicyclic amines) is 1. The Morgan fingerprint density at radius 2 is 1.97 bits per heavy atom. The first-order chi connectivity index (χ1) is 15.7. The molecule has 1 aliphatic heterocycles. The van der Waals surface area contributed by atoms with Crippen LogP contribution >= 0.6 is 0 Å². The maximum Gasteiger partial charge on any atom is 0.223 e. The average Bonchev–Trinajstić information content (AvgIpc) is 3.55. The number of hydrogen-bond donors (Lipinski definition) is 2. The standard InChI is InChI=1S/C24H21N7O/c25-24-23-22(18-8-7-17(12-19(18)27-24)31-10-4-9-26-31)28-20(29-23)14-30-13-16(11-21(30)32)15-5-2-1-3-6-15/h1-10,12,16H,11,13-14H2,(H2,25,27)(H,28,29). The van der Waals surface area contributed by atoms with Crippen molar-refractivity contribution in [3.8, 4) is 5.69 Å². The number of nitrogens with two attached hydrogens (primary N) is 1. The summed E-state index contributed by atoms with van der Waals surface area (Å²) in [5.41, 5.74) is 10.6. The SMILES string of the molecule is Nc1nc2cc(-n3cccn3)ccc2c2[nH]c(CN3CC(c4ccccc4)CC3=O)nc12. The number of H-pyrrole nitrogens is 1. The lowest BCUT2D eigenvalue weighted by Crippen LogP contribution is -2.25. The number of aromatic amines is 1. The van der Waals surface area contributed by atoms with Crippen LogP contribution < -0.4 is 5.73 Å². The number of hydrogen-bond acceptors (Lipinski definition) is 5. The van der Waals surface area contributed by atoms with Gasteiger partial charge in [-0.25, -0.2) is 14.6 Å². The molecule has 8 nitrogen and oxygen atoms in total. The van der Waals surface area contributed by atoms with E-state index in [9.17, 15) is 4.79 Å². The van der Waals surface area contributed by atoms with Crippen LogP contribution in [0.3, 0.4) is 0 Å². The average molecular weight is 423 g/mol. The van der Waals surface area contributed by atoms with E-state index in [-0.39, 0.29) is 11.8 Å². The number of anilines is 1. The van der Waals surface area contributed by atoms with Gasteiger partial charge in [-0.1, -0.05) is 30.3 Å². The van der Waals surface area contributed by atoms with Gasteiger partial charge in [0.05, 0.1) is 23.3 Å². The first-order valence-electron chi connectivity index (χ1n) is 10.6. The summed E-state index contributed by atoms with van der Waals surface area (Å²) in [7, 11) is 0. The number of rotatable bonds is 4. The summed E-state index contributed by atoms with van der Waals surface area (Å²) in [6.07, 6.45) is 4.14. The minimum absolute atomic E-state index is 0.138. The van der Waals surface area contributed by atoms with Crippen molar-refractivity contribution in [1.82, 2.24) is 29.6 Å². The second-order valence-corrected chi connectivity index (χ2v) is 8.14. The lowest BCUT2D eigenvalue weighted by Gasteiger charge is -2.15. The van der Waals surface area contributed by atoms with Gasteiger partial charge in [-0.15, -0.1) is 0 Å². The Morgan fingerprint density at radius 3 is 2.78 bits per heavy atom. The van der Waals surface area contributed by atoms with E-state index < -0.39 is 0 Å². The monoisotopic (exact) mass is 423 g/mol. The smallest absolute Gasteiger partial charge is 0.223 e. The van der Waals surface area contributed by atoms with Gasteiger partial charge in [0.15, 0.2) is 5.82 Å². The number of imidazole rings is 1. The summed E-state index contributed by atoms with van der Waals surface area (Å²) in [5.74, 6) is 1.42. The van der Waals surface area contributed by atoms with Crippen molar-refractivity contribution >= 4 is 33.7 Å². The minimum Gasteiger partial charge on any atom is -0.382 e. The molecule has 0 radical (unpaired) electrons. The van der Waals surface area contributed by atoms with Gasteiger partial charge in [0.1, 0.15) is 11.3 Å². The van der Waals surface area contributed by atoms with Gasteiger partial charge in [-0.3, -0.25) is 4.79 Å². The van der Waals surface area contributed by atoms with E-state index in [1.54, 1.807) is 10.9 Å². The van der Waals surface area contributed by atoms with Crippen LogP contribution in [0.15, 0.2) is 67.0 Å². The van der Waals surface area contributed by atoms with Gasteiger partial charge in [0.2, 0.25) is 5.91 Å². The molecule has 158 valence electrons. The highest BCUT2D eigenvalue weighted by atomic mass is 16.2. The van der Waals surface area contributed by atoms with Crippen molar-refractivity contribution in [3.05, 3.63) is 78.4 Å². The highest BCUT2D eigenvalue weighted by Gasteiger charge is 2.31. The third kappa shape index (κ3) is 3.08. The normalized spacial score (nSPS) is 16.4. The largest absolute Gasteiger partial charge is 0.382 e. The molecule has 1 unspecified atom stereocenters. The molecule has 0 saturated carbocycles. The van der Waals surface area contributed by atoms with Crippen molar-refractivity contribution in [1.29, 1.82) is 0 Å². The Balaban J connectivity index is 1.32. The molecule has 1 aliphatic rings. The molecule has 1 saturated heterocycles. The van der Waals surface area contributed by atoms with Gasteiger partial charge in [0, 0.05) is 36.7 Å². The molecule has 1 amide bonds. The molecular weight excluding hydrogens is 402 g/mol. The summed E-state index contributed by atoms with van der Waals surface area (Å²) < 4.78 is 1.78. The first-order valence-corrected chi connectivity index (χ1v) is 10.6. The Kier molecular flexibility index (Phi) is 4.17. The number of nitrogens with one attached hydrogen (secondary N) is 1. The fraction of sp³-hybridized carbons (Fsp3) is 0.167. The maximum absolute atomic E-state index is 12.6. The van der Waals surface area contributed by atoms with Crippen molar-refractivity contribution < 1.29 is 4.79 Å². The Morgan fingerprint density at radius 1 is 1.09 bits per heavy atom. The zero-order valence-corrected chi connectivity index (χ0v) is 17.3. The highest BCUT2D eigenvalue weighted by Crippen LogP contribution is 2.31. The maximum atomic E-state index is 12.6. The first kappa shape index (κ1) is 18.6. The second kappa shape index (κ2) is 7.19. The molecule has 0 bridgehead atoms. The topological polar surface area (TPSA) is 106 Å². The van der Waals surface area contributed by atoms with Gasteiger partial charge in [-0.2, -0.15) is 5.10 Å². The summed E-state index contributed by atoms with van der Waals surface area (Å²) >= 11 is 0. The lowest BCUT2D eigenvalue weighted by atomic mass is 9.99. The molecule has 32 heavy (non-hydrogen) atoms. The summed E-state index contributed by atoms with van der Waals surface area (Å²) in [4.78, 5) is 27.1. The number of nitrogen functional groups attached to an aromatic ring is 1. The zero-order valence-electron chi connectivity index (χ0n) is 17.3. The van der Waals surface area contributed by atoms with Crippen LogP contribution in [-0.2, 0) is 11.3 Å². The van der Waals surface area contributed by atoms with E-state index >= 15 is 0 Å². The molecule has 4 heterocycles. The molecule has 3 aromatic heterocycles. The zero-order chi connectivity index (χ0) is 21.7. The summed E-state index contributed by atoms with van der Waals surface area (Å²) in [5, 5.41) is 5.20. The quantitative estimate of drug-likeness (QED) is 0.461. The van der Waals surface area contributed by atoms with Crippen molar-refractivity contribution in [2.75, 3.05) is 12.3 Å². The van der Waals surface area contributed by atoms with Crippen LogP contribution in [0.25, 0.3) is 27.6 Å². The van der Waals surface area contributed by atoms with Gasteiger partial charge < -0.3 is 15.6 Å². The van der Waals surface area contributed by atoms with Gasteiger partial charge in [0.25, 0.3) is 0 Å². The number of nitrogens with zero attached hydrogens (tertiary/aromatic N) is 5. The number of amides is 1. The van der Waals surface area contributed by atoms with Gasteiger partial charge in [-0.05, 0) is 29.8 Å². The molecule has 8 heteroatoms. The van der Waals surface area contributed by atoms with E-state index in [1.165, 1.54) is 5.56 Å². The molecule has 0 spiro atoms. The number of aromatic nitrogens is 5. The molecule has 3 N–H and O–H groups in total. The van der Waals surface area contributed by atoms with Crippen LogP contribution in [0, 0.1) is 0 Å². The summed E-state index contributed by atoms with van der Waals surface area (Å²) in [6.45, 7) is 1.10. The molecule has 2 aromatic carbocycles. The van der Waals surface area contributed by atoms with Crippen molar-refractivity contribution in [2.24, 2.45) is 0 Å². The van der Waals surface area contributed by atoms with Crippen LogP contribution in [0.2, 0.25) is 0 Å². The second-order valence-electron chi connectivity index (χ2n) is 8.14. The van der Waals surface area contributed by atoms with E-state index in [4.69, 9.17) is 5.73 Å². The van der Waals surface area contributed by atoms with Crippen LogP contribution in [0.1, 0.15) is 23.7 Å². The van der Waals surface area contributed by atoms with Crippen LogP contribution in [0.4, 0.5) is 5.82 Å². The minimum atomic E-state index is 0.138. The molecule has 1 atom stereocenters. The lowest BCUT2D eigenvalue weighted by molar-refractivity contribution is -0.128. The predicted octanol–water partition coefficient (Wildman–Crippen LogP) is 3.40. The molecule has 0 aliphatic carbocycles. The number of carbonyl (C=O) groups is 1. The van der Waals surface area contributed by atoms with Crippen molar-refractivity contribution in [3.63, 3.8) is 0 Å². The highest BCUT2D eigenvalue weighted by molar-refractivity contribution is 6.06. The van der Waals surface area contributed by atoms with Crippen LogP contribution in [-0.4, -0.2) is 42.1 Å². The van der Waals surface area contributed by atoms with E-state index in [0.29, 0.717) is 36.7 Å². The molecule has 6 rings (SSSR count). The number of benzene rings is 2. The fourth-order valence-corrected chi connectivity index (χ4v) is 4.50. The molecular formula is C24H21N7O. The van der Waals surface area contributed by atoms with Crippen LogP contribution in [0.5, 0.6) is 0 Å². The van der Waals surface area contributed by atoms with Gasteiger partial charge >= 0.3 is 0 Å². The Bertz CT molecular complexity index is 1440. The molecule has 5 aromatic rings. The van der Waals surface area contributed by atoms with E-state index in [0.717, 1.165) is 22.1 Å².